The average molecular weight is 761 g/mol. The topological polar surface area (TPSA) is 19.1 Å². The average Bonchev–Trinajstić information content (AvgIpc) is 3.23. The molecule has 2 atom stereocenters. The maximum absolute atomic E-state index is 4.92. The molecule has 1 aliphatic heterocycles. The van der Waals surface area contributed by atoms with Crippen LogP contribution in [0, 0.1) is 0 Å². The SMILES string of the molecule is C=C(/C=C\C)CCC1c2ccccc2-c2ccc([Si](C)(C)C)c[n+]2C1CC(=C)N(C)c1c(Nc2cccc(-c3ccccc3)c2)ccc2c1ccc1ccccc12. The number of nitrogens with one attached hydrogen (secondary N) is 1. The molecule has 0 saturated carbocycles. The number of anilines is 3. The van der Waals surface area contributed by atoms with Crippen molar-refractivity contribution in [1.82, 2.24) is 0 Å². The van der Waals surface area contributed by atoms with Gasteiger partial charge < -0.3 is 10.2 Å². The van der Waals surface area contributed by atoms with Gasteiger partial charge in [0.1, 0.15) is 0 Å². The van der Waals surface area contributed by atoms with Crippen LogP contribution in [-0.4, -0.2) is 15.1 Å². The number of allylic oxidation sites excluding steroid dienone is 4. The molecule has 7 aromatic rings. The van der Waals surface area contributed by atoms with Gasteiger partial charge in [0.15, 0.2) is 12.2 Å². The smallest absolute Gasteiger partial charge is 0.213 e. The van der Waals surface area contributed by atoms with Crippen molar-refractivity contribution in [2.45, 2.75) is 57.8 Å². The largest absolute Gasteiger partial charge is 0.354 e. The van der Waals surface area contributed by atoms with Crippen LogP contribution in [0.3, 0.4) is 0 Å². The lowest BCUT2D eigenvalue weighted by molar-refractivity contribution is -0.717. The summed E-state index contributed by atoms with van der Waals surface area (Å²) in [6.07, 6.45) is 9.50. The van der Waals surface area contributed by atoms with Gasteiger partial charge >= 0.3 is 0 Å². The third-order valence-corrected chi connectivity index (χ3v) is 13.9. The molecule has 57 heavy (non-hydrogen) atoms. The Morgan fingerprint density at radius 1 is 0.754 bits per heavy atom. The first-order chi connectivity index (χ1) is 27.6. The van der Waals surface area contributed by atoms with Gasteiger partial charge in [-0.2, -0.15) is 4.57 Å². The molecule has 1 aromatic heterocycles. The van der Waals surface area contributed by atoms with Crippen molar-refractivity contribution in [3.8, 4) is 22.4 Å². The van der Waals surface area contributed by atoms with Crippen molar-refractivity contribution in [2.24, 2.45) is 0 Å². The van der Waals surface area contributed by atoms with Crippen LogP contribution in [0.2, 0.25) is 19.6 Å². The normalized spacial score (nSPS) is 15.0. The summed E-state index contributed by atoms with van der Waals surface area (Å²) in [7, 11) is 0.604. The molecule has 1 aliphatic rings. The molecule has 0 bridgehead atoms. The molecule has 0 radical (unpaired) electrons. The fourth-order valence-corrected chi connectivity index (χ4v) is 9.91. The summed E-state index contributed by atoms with van der Waals surface area (Å²) < 4.78 is 2.61. The van der Waals surface area contributed by atoms with Gasteiger partial charge in [-0.1, -0.05) is 160 Å². The van der Waals surface area contributed by atoms with Gasteiger partial charge in [0.05, 0.1) is 25.9 Å². The van der Waals surface area contributed by atoms with E-state index in [0.29, 0.717) is 0 Å². The predicted molar refractivity (Wildman–Crippen MR) is 249 cm³/mol. The number of nitrogens with zero attached hydrogens (tertiary/aromatic N) is 2. The highest BCUT2D eigenvalue weighted by Crippen LogP contribution is 2.46. The Kier molecular flexibility index (Phi) is 10.6. The van der Waals surface area contributed by atoms with Crippen molar-refractivity contribution in [3.63, 3.8) is 0 Å². The molecule has 6 aromatic carbocycles. The van der Waals surface area contributed by atoms with Crippen molar-refractivity contribution in [2.75, 3.05) is 17.3 Å². The molecule has 0 fully saturated rings. The van der Waals surface area contributed by atoms with E-state index in [0.717, 1.165) is 42.0 Å². The summed E-state index contributed by atoms with van der Waals surface area (Å²) in [5.74, 6) is 0.289. The van der Waals surface area contributed by atoms with Gasteiger partial charge in [0.25, 0.3) is 0 Å². The summed E-state index contributed by atoms with van der Waals surface area (Å²) in [5.41, 5.74) is 11.9. The van der Waals surface area contributed by atoms with Gasteiger partial charge in [-0.15, -0.1) is 0 Å². The van der Waals surface area contributed by atoms with Crippen LogP contribution in [0.25, 0.3) is 43.9 Å². The maximum atomic E-state index is 4.92. The van der Waals surface area contributed by atoms with Gasteiger partial charge in [-0.05, 0) is 76.9 Å². The summed E-state index contributed by atoms with van der Waals surface area (Å²) in [5, 5.41) is 10.3. The molecule has 2 unspecified atom stereocenters. The molecule has 2 heterocycles. The molecule has 284 valence electrons. The minimum Gasteiger partial charge on any atom is -0.354 e. The van der Waals surface area contributed by atoms with Gasteiger partial charge in [0.2, 0.25) is 5.69 Å². The van der Waals surface area contributed by atoms with E-state index in [2.05, 4.69) is 213 Å². The quantitative estimate of drug-likeness (QED) is 0.0579. The molecular formula is C53H54N3Si+. The second-order valence-electron chi connectivity index (χ2n) is 16.7. The molecule has 0 aliphatic carbocycles. The third kappa shape index (κ3) is 7.62. The van der Waals surface area contributed by atoms with Gasteiger partial charge in [-0.3, -0.25) is 0 Å². The molecular weight excluding hydrogens is 707 g/mol. The van der Waals surface area contributed by atoms with E-state index < -0.39 is 8.07 Å². The summed E-state index contributed by atoms with van der Waals surface area (Å²) in [4.78, 5) is 2.36. The summed E-state index contributed by atoms with van der Waals surface area (Å²) >= 11 is 0. The zero-order valence-electron chi connectivity index (χ0n) is 34.1. The minimum absolute atomic E-state index is 0.175. The van der Waals surface area contributed by atoms with Gasteiger partial charge in [0, 0.05) is 46.6 Å². The molecule has 0 spiro atoms. The highest BCUT2D eigenvalue weighted by Gasteiger charge is 2.41. The number of pyridine rings is 1. The van der Waals surface area contributed by atoms with Crippen LogP contribution >= 0.6 is 0 Å². The molecule has 3 nitrogen and oxygen atoms in total. The van der Waals surface area contributed by atoms with Crippen LogP contribution in [0.15, 0.2) is 182 Å². The maximum Gasteiger partial charge on any atom is 0.213 e. The summed E-state index contributed by atoms with van der Waals surface area (Å²) in [6, 6.07) is 51.1. The Morgan fingerprint density at radius 2 is 1.49 bits per heavy atom. The minimum atomic E-state index is -1.61. The van der Waals surface area contributed by atoms with E-state index in [1.807, 2.05) is 0 Å². The monoisotopic (exact) mass is 760 g/mol. The zero-order chi connectivity index (χ0) is 39.7. The molecule has 0 amide bonds. The van der Waals surface area contributed by atoms with Crippen LogP contribution < -0.4 is 20.0 Å². The highest BCUT2D eigenvalue weighted by molar-refractivity contribution is 6.88. The molecule has 0 saturated heterocycles. The number of benzene rings is 6. The van der Waals surface area contributed by atoms with Crippen molar-refractivity contribution < 1.29 is 4.57 Å². The first-order valence-electron chi connectivity index (χ1n) is 20.3. The van der Waals surface area contributed by atoms with Crippen LogP contribution in [0.5, 0.6) is 0 Å². The predicted octanol–water partition coefficient (Wildman–Crippen LogP) is 13.5. The number of fused-ring (bicyclic) bond motifs is 6. The van der Waals surface area contributed by atoms with Crippen molar-refractivity contribution in [1.29, 1.82) is 0 Å². The Labute approximate surface area is 340 Å². The van der Waals surface area contributed by atoms with E-state index >= 15 is 0 Å². The van der Waals surface area contributed by atoms with Crippen LogP contribution in [-0.2, 0) is 0 Å². The van der Waals surface area contributed by atoms with Crippen molar-refractivity contribution >= 4 is 51.9 Å². The molecule has 1 N–H and O–H groups in total. The third-order valence-electron chi connectivity index (χ3n) is 11.9. The lowest BCUT2D eigenvalue weighted by atomic mass is 9.78. The standard InChI is InChI=1S/C53H54N3Si/c1-8-17-37(2)26-29-48-45-24-14-15-25-47(45)51-33-28-43(57(5,6)7)36-56(51)52(48)34-38(3)55(4)53-49-30-27-40-20-12-13-23-44(40)46(49)31-32-50(53)54-42-22-16-21-41(35-42)39-18-10-9-11-19-39/h8-25,27-28,30-33,35-36,48,52,54H,2-3,26,29,34H2,1,4-7H3/q+1/b17-8-. The van der Waals surface area contributed by atoms with Crippen LogP contribution in [0.1, 0.15) is 43.7 Å². The molecule has 8 rings (SSSR count). The zero-order valence-corrected chi connectivity index (χ0v) is 35.1. The van der Waals surface area contributed by atoms with E-state index in [-0.39, 0.29) is 12.0 Å². The Balaban J connectivity index is 1.23. The second kappa shape index (κ2) is 15.9. The Morgan fingerprint density at radius 3 is 2.30 bits per heavy atom. The highest BCUT2D eigenvalue weighted by atomic mass is 28.3. The Bertz CT molecular complexity index is 2650. The number of hydrogen-bond donors (Lipinski definition) is 1. The number of aromatic nitrogens is 1. The van der Waals surface area contributed by atoms with E-state index in [9.17, 15) is 0 Å². The first kappa shape index (κ1) is 37.9. The summed E-state index contributed by atoms with van der Waals surface area (Å²) in [6.45, 7) is 18.8. The second-order valence-corrected chi connectivity index (χ2v) is 21.7. The van der Waals surface area contributed by atoms with Crippen molar-refractivity contribution in [3.05, 3.63) is 188 Å². The first-order valence-corrected chi connectivity index (χ1v) is 23.8. The lowest BCUT2D eigenvalue weighted by Crippen LogP contribution is -2.53. The fraction of sp³-hybridized carbons (Fsp3) is 0.189. The fourth-order valence-electron chi connectivity index (χ4n) is 8.80. The number of hydrogen-bond acceptors (Lipinski definition) is 2. The van der Waals surface area contributed by atoms with E-state index in [1.54, 1.807) is 0 Å². The van der Waals surface area contributed by atoms with Crippen LogP contribution in [0.4, 0.5) is 17.1 Å². The Hall–Kier alpha value is -5.97. The lowest BCUT2D eigenvalue weighted by Gasteiger charge is -2.34. The van der Waals surface area contributed by atoms with E-state index in [1.165, 1.54) is 60.3 Å². The number of rotatable bonds is 12. The van der Waals surface area contributed by atoms with Gasteiger partial charge in [-0.25, -0.2) is 0 Å². The van der Waals surface area contributed by atoms with E-state index in [4.69, 9.17) is 6.58 Å². The molecule has 4 heteroatoms.